The molecule has 1 amide bonds. The number of aromatic hydroxyl groups is 1. The van der Waals surface area contributed by atoms with E-state index in [-0.39, 0.29) is 23.2 Å². The number of phenols is 1. The number of benzene rings is 1. The summed E-state index contributed by atoms with van der Waals surface area (Å²) in [7, 11) is 0. The molecule has 1 rings (SSSR count). The topological polar surface area (TPSA) is 66.6 Å². The van der Waals surface area contributed by atoms with Crippen LogP contribution in [0.5, 0.6) is 5.75 Å². The molecule has 0 aliphatic carbocycles. The van der Waals surface area contributed by atoms with Crippen molar-refractivity contribution in [2.45, 2.75) is 6.92 Å². The summed E-state index contributed by atoms with van der Waals surface area (Å²) in [5, 5.41) is 9.56. The first-order chi connectivity index (χ1) is 7.95. The molecule has 1 aromatic carbocycles. The Morgan fingerprint density at radius 1 is 1.59 bits per heavy atom. The van der Waals surface area contributed by atoms with E-state index in [2.05, 4.69) is 0 Å². The second kappa shape index (κ2) is 6.15. The van der Waals surface area contributed by atoms with Gasteiger partial charge in [-0.2, -0.15) is 0 Å². The van der Waals surface area contributed by atoms with Crippen molar-refractivity contribution in [3.8, 4) is 5.75 Å². The highest BCUT2D eigenvalue weighted by Crippen LogP contribution is 2.21. The Labute approximate surface area is 119 Å². The minimum absolute atomic E-state index is 0.0998. The van der Waals surface area contributed by atoms with Gasteiger partial charge in [-0.1, -0.05) is 12.2 Å². The van der Waals surface area contributed by atoms with E-state index in [9.17, 15) is 9.90 Å². The van der Waals surface area contributed by atoms with Crippen molar-refractivity contribution >= 4 is 45.7 Å². The highest BCUT2D eigenvalue weighted by atomic mass is 127. The molecule has 92 valence electrons. The molecule has 0 heterocycles. The number of carbonyl (C=O) groups excluding carboxylic acids is 1. The standard InChI is InChI=1S/C11H13IN2O2S/c1-2-14(6-10(13)17)11(16)7-3-4-8(12)9(15)5-7/h3-5,15H,2,6H2,1H3,(H2,13,17). The van der Waals surface area contributed by atoms with Crippen molar-refractivity contribution in [2.75, 3.05) is 13.1 Å². The van der Waals surface area contributed by atoms with Gasteiger partial charge in [0, 0.05) is 12.1 Å². The molecule has 0 aliphatic heterocycles. The highest BCUT2D eigenvalue weighted by molar-refractivity contribution is 14.1. The Hall–Kier alpha value is -0.890. The van der Waals surface area contributed by atoms with Crippen LogP contribution in [0.1, 0.15) is 17.3 Å². The Morgan fingerprint density at radius 2 is 2.24 bits per heavy atom. The quantitative estimate of drug-likeness (QED) is 0.631. The lowest BCUT2D eigenvalue weighted by molar-refractivity contribution is 0.0787. The first-order valence-electron chi connectivity index (χ1n) is 5.01. The summed E-state index contributed by atoms with van der Waals surface area (Å²) in [6, 6.07) is 4.82. The summed E-state index contributed by atoms with van der Waals surface area (Å²) < 4.78 is 0.705. The molecule has 0 fully saturated rings. The van der Waals surface area contributed by atoms with E-state index in [1.165, 1.54) is 11.0 Å². The third-order valence-electron chi connectivity index (χ3n) is 2.21. The summed E-state index contributed by atoms with van der Waals surface area (Å²) in [5.41, 5.74) is 5.86. The summed E-state index contributed by atoms with van der Waals surface area (Å²) in [6.07, 6.45) is 0. The monoisotopic (exact) mass is 364 g/mol. The van der Waals surface area contributed by atoms with Crippen molar-refractivity contribution in [2.24, 2.45) is 5.73 Å². The summed E-state index contributed by atoms with van der Waals surface area (Å²) in [6.45, 7) is 2.61. The predicted octanol–water partition coefficient (Wildman–Crippen LogP) is 1.75. The van der Waals surface area contributed by atoms with Gasteiger partial charge in [-0.15, -0.1) is 0 Å². The maximum Gasteiger partial charge on any atom is 0.254 e. The number of hydrogen-bond donors (Lipinski definition) is 2. The first-order valence-corrected chi connectivity index (χ1v) is 6.50. The van der Waals surface area contributed by atoms with Crippen LogP contribution >= 0.6 is 34.8 Å². The highest BCUT2D eigenvalue weighted by Gasteiger charge is 2.15. The number of halogens is 1. The molecule has 6 heteroatoms. The number of nitrogens with zero attached hydrogens (tertiary/aromatic N) is 1. The van der Waals surface area contributed by atoms with E-state index in [1.54, 1.807) is 12.1 Å². The molecular weight excluding hydrogens is 351 g/mol. The largest absolute Gasteiger partial charge is 0.507 e. The van der Waals surface area contributed by atoms with Crippen LogP contribution in [0.4, 0.5) is 0 Å². The number of thiocarbonyl (C=S) groups is 1. The fourth-order valence-corrected chi connectivity index (χ4v) is 1.83. The number of carbonyl (C=O) groups is 1. The van der Waals surface area contributed by atoms with Crippen LogP contribution in [0.3, 0.4) is 0 Å². The Balaban J connectivity index is 2.93. The number of rotatable bonds is 4. The van der Waals surface area contributed by atoms with E-state index in [4.69, 9.17) is 18.0 Å². The summed E-state index contributed by atoms with van der Waals surface area (Å²) in [4.78, 5) is 13.9. The number of likely N-dealkylation sites (N-methyl/N-ethyl adjacent to an activating group) is 1. The molecule has 0 unspecified atom stereocenters. The molecule has 0 spiro atoms. The number of nitrogens with two attached hydrogens (primary N) is 1. The Morgan fingerprint density at radius 3 is 2.71 bits per heavy atom. The van der Waals surface area contributed by atoms with Crippen LogP contribution in [0.2, 0.25) is 0 Å². The van der Waals surface area contributed by atoms with Crippen molar-refractivity contribution in [1.29, 1.82) is 0 Å². The van der Waals surface area contributed by atoms with E-state index >= 15 is 0 Å². The van der Waals surface area contributed by atoms with Crippen molar-refractivity contribution in [1.82, 2.24) is 4.90 Å². The average Bonchev–Trinajstić information content (AvgIpc) is 2.28. The molecule has 0 radical (unpaired) electrons. The Bertz CT molecular complexity index is 451. The molecule has 3 N–H and O–H groups in total. The molecule has 4 nitrogen and oxygen atoms in total. The zero-order valence-corrected chi connectivity index (χ0v) is 12.3. The van der Waals surface area contributed by atoms with Gasteiger partial charge < -0.3 is 15.7 Å². The molecule has 17 heavy (non-hydrogen) atoms. The van der Waals surface area contributed by atoms with Gasteiger partial charge in [0.05, 0.1) is 15.1 Å². The molecule has 0 bridgehead atoms. The first kappa shape index (κ1) is 14.2. The van der Waals surface area contributed by atoms with Crippen molar-refractivity contribution in [3.05, 3.63) is 27.3 Å². The third-order valence-corrected chi connectivity index (χ3v) is 3.25. The number of amides is 1. The molecule has 0 aromatic heterocycles. The minimum Gasteiger partial charge on any atom is -0.507 e. The van der Waals surface area contributed by atoms with Gasteiger partial charge in [-0.3, -0.25) is 4.79 Å². The van der Waals surface area contributed by atoms with Crippen LogP contribution in [0.15, 0.2) is 18.2 Å². The van der Waals surface area contributed by atoms with Crippen molar-refractivity contribution < 1.29 is 9.90 Å². The minimum atomic E-state index is -0.188. The van der Waals surface area contributed by atoms with Gasteiger partial charge in [0.2, 0.25) is 0 Å². The predicted molar refractivity (Wildman–Crippen MR) is 79.2 cm³/mol. The summed E-state index contributed by atoms with van der Waals surface area (Å²) in [5.74, 6) is -0.0881. The fourth-order valence-electron chi connectivity index (χ4n) is 1.34. The maximum atomic E-state index is 12.1. The van der Waals surface area contributed by atoms with E-state index in [1.807, 2.05) is 29.5 Å². The molecule has 0 atom stereocenters. The zero-order chi connectivity index (χ0) is 13.0. The van der Waals surface area contributed by atoms with E-state index in [0.29, 0.717) is 15.7 Å². The van der Waals surface area contributed by atoms with E-state index < -0.39 is 0 Å². The molecule has 0 saturated carbocycles. The van der Waals surface area contributed by atoms with Gasteiger partial charge in [0.15, 0.2) is 0 Å². The summed E-state index contributed by atoms with van der Waals surface area (Å²) >= 11 is 6.78. The van der Waals surface area contributed by atoms with Crippen LogP contribution < -0.4 is 5.73 Å². The zero-order valence-electron chi connectivity index (χ0n) is 9.31. The lowest BCUT2D eigenvalue weighted by Crippen LogP contribution is -2.37. The van der Waals surface area contributed by atoms with E-state index in [0.717, 1.165) is 0 Å². The van der Waals surface area contributed by atoms with Crippen LogP contribution in [-0.2, 0) is 0 Å². The second-order valence-corrected chi connectivity index (χ2v) is 5.14. The fraction of sp³-hybridized carbons (Fsp3) is 0.273. The van der Waals surface area contributed by atoms with Crippen LogP contribution in [0, 0.1) is 3.57 Å². The molecule has 0 saturated heterocycles. The number of hydrogen-bond acceptors (Lipinski definition) is 3. The van der Waals surface area contributed by atoms with Gasteiger partial charge in [-0.25, -0.2) is 0 Å². The number of phenolic OH excluding ortho intramolecular Hbond substituents is 1. The average molecular weight is 364 g/mol. The van der Waals surface area contributed by atoms with Gasteiger partial charge in [0.1, 0.15) is 5.75 Å². The van der Waals surface area contributed by atoms with Gasteiger partial charge in [-0.05, 0) is 47.7 Å². The van der Waals surface area contributed by atoms with Crippen molar-refractivity contribution in [3.63, 3.8) is 0 Å². The molecule has 1 aromatic rings. The third kappa shape index (κ3) is 3.81. The lowest BCUT2D eigenvalue weighted by atomic mass is 10.2. The Kier molecular flexibility index (Phi) is 5.13. The molecular formula is C11H13IN2O2S. The lowest BCUT2D eigenvalue weighted by Gasteiger charge is -2.20. The van der Waals surface area contributed by atoms with Crippen LogP contribution in [-0.4, -0.2) is 34.0 Å². The second-order valence-electron chi connectivity index (χ2n) is 3.45. The van der Waals surface area contributed by atoms with Gasteiger partial charge >= 0.3 is 0 Å². The van der Waals surface area contributed by atoms with Gasteiger partial charge in [0.25, 0.3) is 5.91 Å². The normalized spacial score (nSPS) is 10.0. The maximum absolute atomic E-state index is 12.1. The van der Waals surface area contributed by atoms with Crippen LogP contribution in [0.25, 0.3) is 0 Å². The smallest absolute Gasteiger partial charge is 0.254 e. The SMILES string of the molecule is CCN(CC(N)=S)C(=O)c1ccc(I)c(O)c1. The molecule has 0 aliphatic rings.